The highest BCUT2D eigenvalue weighted by atomic mass is 35.5. The number of benzene rings is 1. The van der Waals surface area contributed by atoms with E-state index in [-0.39, 0.29) is 34.9 Å². The molecular weight excluding hydrogens is 330 g/mol. The zero-order chi connectivity index (χ0) is 15.6. The summed E-state index contributed by atoms with van der Waals surface area (Å²) in [6.45, 7) is 5.06. The topological polar surface area (TPSA) is 101 Å². The van der Waals surface area contributed by atoms with Gasteiger partial charge in [0, 0.05) is 17.7 Å². The zero-order valence-electron chi connectivity index (χ0n) is 12.4. The fourth-order valence-electron chi connectivity index (χ4n) is 2.46. The fourth-order valence-corrected chi connectivity index (χ4v) is 3.92. The van der Waals surface area contributed by atoms with Crippen molar-refractivity contribution in [2.75, 3.05) is 13.1 Å². The van der Waals surface area contributed by atoms with E-state index in [4.69, 9.17) is 0 Å². The van der Waals surface area contributed by atoms with Crippen molar-refractivity contribution in [2.24, 2.45) is 5.92 Å². The van der Waals surface area contributed by atoms with Crippen molar-refractivity contribution in [3.8, 4) is 0 Å². The van der Waals surface area contributed by atoms with Gasteiger partial charge < -0.3 is 5.32 Å². The summed E-state index contributed by atoms with van der Waals surface area (Å²) in [6.07, 6.45) is 0.729. The van der Waals surface area contributed by atoms with Crippen LogP contribution in [-0.4, -0.2) is 32.5 Å². The van der Waals surface area contributed by atoms with E-state index < -0.39 is 14.9 Å². The molecule has 1 heterocycles. The number of rotatable bonds is 4. The van der Waals surface area contributed by atoms with Gasteiger partial charge in [-0.05, 0) is 44.5 Å². The first kappa shape index (κ1) is 18.8. The molecule has 2 atom stereocenters. The Bertz CT molecular complexity index is 651. The van der Waals surface area contributed by atoms with Gasteiger partial charge in [-0.25, -0.2) is 13.1 Å². The summed E-state index contributed by atoms with van der Waals surface area (Å²) >= 11 is 0. The Morgan fingerprint density at radius 1 is 1.41 bits per heavy atom. The van der Waals surface area contributed by atoms with E-state index in [1.165, 1.54) is 25.1 Å². The highest BCUT2D eigenvalue weighted by Gasteiger charge is 2.27. The minimum atomic E-state index is -3.66. The molecule has 124 valence electrons. The molecule has 2 unspecified atom stereocenters. The number of aryl methyl sites for hydroxylation is 1. The van der Waals surface area contributed by atoms with E-state index in [1.807, 2.05) is 6.92 Å². The van der Waals surface area contributed by atoms with Crippen molar-refractivity contribution in [1.82, 2.24) is 10.0 Å². The lowest BCUT2D eigenvalue weighted by Gasteiger charge is -2.29. The van der Waals surface area contributed by atoms with Crippen molar-refractivity contribution < 1.29 is 13.3 Å². The van der Waals surface area contributed by atoms with Gasteiger partial charge >= 0.3 is 0 Å². The van der Waals surface area contributed by atoms with Crippen molar-refractivity contribution in [3.05, 3.63) is 33.9 Å². The molecule has 1 aliphatic rings. The molecule has 1 fully saturated rings. The van der Waals surface area contributed by atoms with Gasteiger partial charge in [-0.2, -0.15) is 0 Å². The number of hydrogen-bond acceptors (Lipinski definition) is 5. The van der Waals surface area contributed by atoms with Crippen LogP contribution in [0.1, 0.15) is 18.9 Å². The molecule has 1 aromatic carbocycles. The number of nitrogens with zero attached hydrogens (tertiary/aromatic N) is 1. The van der Waals surface area contributed by atoms with E-state index >= 15 is 0 Å². The first-order valence-corrected chi connectivity index (χ1v) is 8.27. The van der Waals surface area contributed by atoms with Gasteiger partial charge in [-0.1, -0.05) is 6.92 Å². The third-order valence-electron chi connectivity index (χ3n) is 3.77. The molecule has 1 aromatic rings. The molecular formula is C13H20ClN3O4S. The molecule has 1 saturated heterocycles. The first-order chi connectivity index (χ1) is 9.81. The second kappa shape index (κ2) is 7.36. The average molecular weight is 350 g/mol. The molecule has 22 heavy (non-hydrogen) atoms. The summed E-state index contributed by atoms with van der Waals surface area (Å²) in [5.74, 6) is 0.202. The Labute approximate surface area is 136 Å². The number of sulfonamides is 1. The van der Waals surface area contributed by atoms with Crippen LogP contribution in [0.15, 0.2) is 23.1 Å². The van der Waals surface area contributed by atoms with Crippen molar-refractivity contribution in [2.45, 2.75) is 31.2 Å². The Hall–Kier alpha value is -1.22. The SMILES string of the molecule is Cc1cc(S(=O)(=O)NC2CCNCC2C)ccc1[N+](=O)[O-].Cl. The van der Waals surface area contributed by atoms with Gasteiger partial charge in [-0.3, -0.25) is 10.1 Å². The maximum Gasteiger partial charge on any atom is 0.272 e. The minimum absolute atomic E-state index is 0. The lowest BCUT2D eigenvalue weighted by Crippen LogP contribution is -2.48. The summed E-state index contributed by atoms with van der Waals surface area (Å²) in [4.78, 5) is 10.3. The fraction of sp³-hybridized carbons (Fsp3) is 0.538. The van der Waals surface area contributed by atoms with Crippen molar-refractivity contribution >= 4 is 28.1 Å². The molecule has 0 aromatic heterocycles. The summed E-state index contributed by atoms with van der Waals surface area (Å²) < 4.78 is 27.5. The maximum absolute atomic E-state index is 12.4. The molecule has 2 rings (SSSR count). The van der Waals surface area contributed by atoms with Crippen LogP contribution in [0, 0.1) is 23.0 Å². The Balaban J connectivity index is 0.00000242. The Kier molecular flexibility index (Phi) is 6.30. The number of nitrogens with one attached hydrogen (secondary N) is 2. The molecule has 9 heteroatoms. The minimum Gasteiger partial charge on any atom is -0.316 e. The lowest BCUT2D eigenvalue weighted by atomic mass is 9.97. The first-order valence-electron chi connectivity index (χ1n) is 6.79. The predicted molar refractivity (Wildman–Crippen MR) is 85.8 cm³/mol. The summed E-state index contributed by atoms with van der Waals surface area (Å²) in [6, 6.07) is 3.73. The molecule has 0 bridgehead atoms. The van der Waals surface area contributed by atoms with Crippen LogP contribution in [0.25, 0.3) is 0 Å². The zero-order valence-corrected chi connectivity index (χ0v) is 14.0. The predicted octanol–water partition coefficient (Wildman–Crippen LogP) is 1.60. The van der Waals surface area contributed by atoms with Crippen molar-refractivity contribution in [1.29, 1.82) is 0 Å². The molecule has 0 aliphatic carbocycles. The van der Waals surface area contributed by atoms with E-state index in [1.54, 1.807) is 0 Å². The Morgan fingerprint density at radius 3 is 2.64 bits per heavy atom. The second-order valence-electron chi connectivity index (χ2n) is 5.40. The molecule has 0 amide bonds. The largest absolute Gasteiger partial charge is 0.316 e. The van der Waals surface area contributed by atoms with Crippen LogP contribution in [-0.2, 0) is 10.0 Å². The van der Waals surface area contributed by atoms with Gasteiger partial charge in [0.1, 0.15) is 0 Å². The van der Waals surface area contributed by atoms with Gasteiger partial charge in [-0.15, -0.1) is 12.4 Å². The molecule has 2 N–H and O–H groups in total. The van der Waals surface area contributed by atoms with Crippen molar-refractivity contribution in [3.63, 3.8) is 0 Å². The molecule has 0 radical (unpaired) electrons. The Morgan fingerprint density at radius 2 is 2.09 bits per heavy atom. The third-order valence-corrected chi connectivity index (χ3v) is 5.25. The second-order valence-corrected chi connectivity index (χ2v) is 7.12. The monoisotopic (exact) mass is 349 g/mol. The van der Waals surface area contributed by atoms with Crippen LogP contribution < -0.4 is 10.0 Å². The van der Waals surface area contributed by atoms with Gasteiger partial charge in [0.15, 0.2) is 0 Å². The number of nitro benzene ring substituents is 1. The van der Waals surface area contributed by atoms with Gasteiger partial charge in [0.05, 0.1) is 9.82 Å². The third kappa shape index (κ3) is 4.16. The summed E-state index contributed by atoms with van der Waals surface area (Å²) in [5, 5.41) is 14.0. The van der Waals surface area contributed by atoms with E-state index in [9.17, 15) is 18.5 Å². The highest BCUT2D eigenvalue weighted by Crippen LogP contribution is 2.22. The van der Waals surface area contributed by atoms with Crippen LogP contribution in [0.3, 0.4) is 0 Å². The highest BCUT2D eigenvalue weighted by molar-refractivity contribution is 7.89. The number of piperidine rings is 1. The number of halogens is 1. The molecule has 7 nitrogen and oxygen atoms in total. The van der Waals surface area contributed by atoms with Gasteiger partial charge in [0.2, 0.25) is 10.0 Å². The average Bonchev–Trinajstić information content (AvgIpc) is 2.40. The van der Waals surface area contributed by atoms with Crippen LogP contribution in [0.2, 0.25) is 0 Å². The van der Waals surface area contributed by atoms with Crippen LogP contribution in [0.5, 0.6) is 0 Å². The standard InChI is InChI=1S/C13H19N3O4S.ClH/c1-9-7-11(3-4-13(9)16(17)18)21(19,20)15-12-5-6-14-8-10(12)2;/h3-4,7,10,12,14-15H,5-6,8H2,1-2H3;1H. The molecule has 1 aliphatic heterocycles. The van der Waals surface area contributed by atoms with E-state index in [0.29, 0.717) is 5.56 Å². The quantitative estimate of drug-likeness (QED) is 0.635. The number of nitro groups is 1. The number of hydrogen-bond donors (Lipinski definition) is 2. The lowest BCUT2D eigenvalue weighted by molar-refractivity contribution is -0.385. The molecule has 0 saturated carbocycles. The normalized spacial score (nSPS) is 21.9. The smallest absolute Gasteiger partial charge is 0.272 e. The van der Waals surface area contributed by atoms with Gasteiger partial charge in [0.25, 0.3) is 5.69 Å². The van der Waals surface area contributed by atoms with Crippen LogP contribution >= 0.6 is 12.4 Å². The maximum atomic E-state index is 12.4. The van der Waals surface area contributed by atoms with E-state index in [0.717, 1.165) is 19.5 Å². The molecule has 0 spiro atoms. The van der Waals surface area contributed by atoms with E-state index in [2.05, 4.69) is 10.0 Å². The summed E-state index contributed by atoms with van der Waals surface area (Å²) in [7, 11) is -3.66. The summed E-state index contributed by atoms with van der Waals surface area (Å²) in [5.41, 5.74) is 0.255. The van der Waals surface area contributed by atoms with Crippen LogP contribution in [0.4, 0.5) is 5.69 Å².